The molecule has 1 rings (SSSR count). The van der Waals surface area contributed by atoms with Crippen LogP contribution in [0, 0.1) is 0 Å². The van der Waals surface area contributed by atoms with Gasteiger partial charge in [-0.15, -0.1) is 0 Å². The summed E-state index contributed by atoms with van der Waals surface area (Å²) in [5.41, 5.74) is 0.0132. The molecular weight excluding hydrogens is 294 g/mol. The third-order valence-electron chi connectivity index (χ3n) is 4.67. The van der Waals surface area contributed by atoms with E-state index in [9.17, 15) is 0 Å². The molecule has 1 aliphatic rings. The van der Waals surface area contributed by atoms with Gasteiger partial charge in [0.05, 0.1) is 5.54 Å². The second kappa shape index (κ2) is 13.5. The Balaban J connectivity index is 1.79. The molecule has 0 aliphatic carbocycles. The Bertz CT molecular complexity index is 357. The number of aliphatic imine (C=N–C) groups is 1. The predicted octanol–water partition coefficient (Wildman–Crippen LogP) is 7.23. The zero-order valence-electron chi connectivity index (χ0n) is 16.6. The van der Waals surface area contributed by atoms with Gasteiger partial charge < -0.3 is 4.74 Å². The molecule has 0 amide bonds. The Labute approximate surface area is 151 Å². The van der Waals surface area contributed by atoms with Gasteiger partial charge in [-0.1, -0.05) is 70.4 Å². The zero-order chi connectivity index (χ0) is 17.5. The van der Waals surface area contributed by atoms with Crippen molar-refractivity contribution in [3.05, 3.63) is 12.2 Å². The van der Waals surface area contributed by atoms with Crippen LogP contribution >= 0.6 is 0 Å². The van der Waals surface area contributed by atoms with E-state index in [1.807, 2.05) is 0 Å². The lowest BCUT2D eigenvalue weighted by molar-refractivity contribution is 0.273. The summed E-state index contributed by atoms with van der Waals surface area (Å²) in [7, 11) is 0. The fourth-order valence-corrected chi connectivity index (χ4v) is 3.14. The first-order valence-electron chi connectivity index (χ1n) is 10.5. The standard InChI is InChI=1S/C22H41NO/c1-4-5-6-7-8-9-10-11-12-13-14-15-16-17-18-19-21-23-22(2,3)20-24-21/h9-10H,4-8,11-20H2,1-3H3/b10-9+. The largest absolute Gasteiger partial charge is 0.478 e. The van der Waals surface area contributed by atoms with E-state index in [-0.39, 0.29) is 5.54 Å². The summed E-state index contributed by atoms with van der Waals surface area (Å²) in [6, 6.07) is 0. The maximum absolute atomic E-state index is 5.63. The highest BCUT2D eigenvalue weighted by Crippen LogP contribution is 2.20. The summed E-state index contributed by atoms with van der Waals surface area (Å²) in [4.78, 5) is 4.61. The Hall–Kier alpha value is -0.790. The minimum absolute atomic E-state index is 0.0132. The molecule has 0 aromatic carbocycles. The van der Waals surface area contributed by atoms with E-state index in [1.165, 1.54) is 83.5 Å². The van der Waals surface area contributed by atoms with Crippen LogP contribution < -0.4 is 0 Å². The van der Waals surface area contributed by atoms with Crippen molar-refractivity contribution < 1.29 is 4.74 Å². The fraction of sp³-hybridized carbons (Fsp3) is 0.864. The lowest BCUT2D eigenvalue weighted by Gasteiger charge is -2.07. The van der Waals surface area contributed by atoms with Crippen molar-refractivity contribution in [3.8, 4) is 0 Å². The molecule has 1 heterocycles. The Morgan fingerprint density at radius 3 is 1.92 bits per heavy atom. The smallest absolute Gasteiger partial charge is 0.183 e. The molecule has 0 saturated heterocycles. The summed E-state index contributed by atoms with van der Waals surface area (Å²) in [6.45, 7) is 7.31. The SMILES string of the molecule is CCCCCC/C=C/CCCCCCCCCC1=NC(C)(C)CO1. The van der Waals surface area contributed by atoms with Gasteiger partial charge in [-0.05, 0) is 46.0 Å². The minimum Gasteiger partial charge on any atom is -0.478 e. The van der Waals surface area contributed by atoms with E-state index >= 15 is 0 Å². The molecule has 0 unspecified atom stereocenters. The first kappa shape index (κ1) is 21.3. The van der Waals surface area contributed by atoms with Crippen LogP contribution in [0.3, 0.4) is 0 Å². The molecule has 0 atom stereocenters. The highest BCUT2D eigenvalue weighted by Gasteiger charge is 2.25. The molecule has 0 fully saturated rings. The fourth-order valence-electron chi connectivity index (χ4n) is 3.14. The van der Waals surface area contributed by atoms with Gasteiger partial charge in [0.25, 0.3) is 0 Å². The van der Waals surface area contributed by atoms with Gasteiger partial charge in [-0.25, -0.2) is 4.99 Å². The number of nitrogens with zero attached hydrogens (tertiary/aromatic N) is 1. The lowest BCUT2D eigenvalue weighted by atomic mass is 10.1. The first-order valence-corrected chi connectivity index (χ1v) is 10.5. The molecule has 24 heavy (non-hydrogen) atoms. The average molecular weight is 336 g/mol. The van der Waals surface area contributed by atoms with E-state index in [0.717, 1.165) is 18.9 Å². The van der Waals surface area contributed by atoms with Crippen LogP contribution in [0.1, 0.15) is 111 Å². The van der Waals surface area contributed by atoms with E-state index in [0.29, 0.717) is 0 Å². The van der Waals surface area contributed by atoms with E-state index in [2.05, 4.69) is 37.9 Å². The molecular formula is C22H41NO. The summed E-state index contributed by atoms with van der Waals surface area (Å²) >= 11 is 0. The van der Waals surface area contributed by atoms with Crippen molar-refractivity contribution in [1.82, 2.24) is 0 Å². The third kappa shape index (κ3) is 11.7. The molecule has 0 bridgehead atoms. The van der Waals surface area contributed by atoms with Crippen molar-refractivity contribution in [1.29, 1.82) is 0 Å². The highest BCUT2D eigenvalue weighted by molar-refractivity contribution is 5.78. The number of allylic oxidation sites excluding steroid dienone is 2. The number of rotatable bonds is 15. The van der Waals surface area contributed by atoms with Crippen LogP contribution in [-0.4, -0.2) is 18.0 Å². The molecule has 1 aliphatic heterocycles. The summed E-state index contributed by atoms with van der Waals surface area (Å²) in [5.74, 6) is 0.987. The molecule has 2 heteroatoms. The molecule has 0 aromatic heterocycles. The number of hydrogen-bond donors (Lipinski definition) is 0. The Morgan fingerprint density at radius 1 is 0.833 bits per heavy atom. The molecule has 0 saturated carbocycles. The zero-order valence-corrected chi connectivity index (χ0v) is 16.6. The molecule has 140 valence electrons. The molecule has 0 aromatic rings. The van der Waals surface area contributed by atoms with Crippen LogP contribution in [0.15, 0.2) is 17.1 Å². The second-order valence-corrected chi connectivity index (χ2v) is 7.94. The van der Waals surface area contributed by atoms with E-state index in [1.54, 1.807) is 0 Å². The third-order valence-corrected chi connectivity index (χ3v) is 4.67. The Kier molecular flexibility index (Phi) is 12.0. The van der Waals surface area contributed by atoms with Gasteiger partial charge in [0.2, 0.25) is 0 Å². The summed E-state index contributed by atoms with van der Waals surface area (Å²) < 4.78 is 5.63. The Morgan fingerprint density at radius 2 is 1.38 bits per heavy atom. The first-order chi connectivity index (χ1) is 11.6. The normalized spacial score (nSPS) is 16.5. The molecule has 2 nitrogen and oxygen atoms in total. The van der Waals surface area contributed by atoms with E-state index in [4.69, 9.17) is 4.74 Å². The van der Waals surface area contributed by atoms with Crippen molar-refractivity contribution >= 4 is 5.90 Å². The number of hydrogen-bond acceptors (Lipinski definition) is 2. The monoisotopic (exact) mass is 335 g/mol. The van der Waals surface area contributed by atoms with Gasteiger partial charge in [0.15, 0.2) is 5.90 Å². The lowest BCUT2D eigenvalue weighted by Crippen LogP contribution is -2.17. The number of ether oxygens (including phenoxy) is 1. The van der Waals surface area contributed by atoms with Gasteiger partial charge in [0, 0.05) is 6.42 Å². The van der Waals surface area contributed by atoms with Crippen molar-refractivity contribution in [2.75, 3.05) is 6.61 Å². The van der Waals surface area contributed by atoms with Crippen LogP contribution in [0.5, 0.6) is 0 Å². The number of unbranched alkanes of at least 4 members (excludes halogenated alkanes) is 11. The van der Waals surface area contributed by atoms with Crippen LogP contribution in [0.4, 0.5) is 0 Å². The summed E-state index contributed by atoms with van der Waals surface area (Å²) in [5, 5.41) is 0. The minimum atomic E-state index is 0.0132. The van der Waals surface area contributed by atoms with Gasteiger partial charge in [-0.2, -0.15) is 0 Å². The summed E-state index contributed by atoms with van der Waals surface area (Å²) in [6.07, 6.45) is 23.4. The quantitative estimate of drug-likeness (QED) is 0.228. The highest BCUT2D eigenvalue weighted by atomic mass is 16.5. The van der Waals surface area contributed by atoms with Crippen LogP contribution in [-0.2, 0) is 4.74 Å². The van der Waals surface area contributed by atoms with Gasteiger partial charge in [0.1, 0.15) is 6.61 Å². The predicted molar refractivity (Wildman–Crippen MR) is 107 cm³/mol. The molecule has 0 radical (unpaired) electrons. The van der Waals surface area contributed by atoms with Crippen molar-refractivity contribution in [3.63, 3.8) is 0 Å². The van der Waals surface area contributed by atoms with Crippen molar-refractivity contribution in [2.45, 2.75) is 116 Å². The molecule has 0 spiro atoms. The van der Waals surface area contributed by atoms with Crippen LogP contribution in [0.2, 0.25) is 0 Å². The van der Waals surface area contributed by atoms with Crippen LogP contribution in [0.25, 0.3) is 0 Å². The molecule has 0 N–H and O–H groups in total. The van der Waals surface area contributed by atoms with Gasteiger partial charge in [-0.3, -0.25) is 0 Å². The van der Waals surface area contributed by atoms with Crippen molar-refractivity contribution in [2.24, 2.45) is 4.99 Å². The maximum Gasteiger partial charge on any atom is 0.183 e. The van der Waals surface area contributed by atoms with Gasteiger partial charge >= 0.3 is 0 Å². The maximum atomic E-state index is 5.63. The van der Waals surface area contributed by atoms with E-state index < -0.39 is 0 Å². The second-order valence-electron chi connectivity index (χ2n) is 7.94. The average Bonchev–Trinajstić information content (AvgIpc) is 2.90. The topological polar surface area (TPSA) is 21.6 Å².